The number of hydrogen-bond donors (Lipinski definition) is 2. The van der Waals surface area contributed by atoms with Gasteiger partial charge in [0, 0.05) is 18.3 Å². The van der Waals surface area contributed by atoms with Crippen molar-refractivity contribution in [2.24, 2.45) is 5.73 Å². The molecular formula is C13H19N3O. The number of amides is 1. The lowest BCUT2D eigenvalue weighted by molar-refractivity contribution is 0.0815. The van der Waals surface area contributed by atoms with E-state index in [2.05, 4.69) is 17.2 Å². The van der Waals surface area contributed by atoms with E-state index >= 15 is 0 Å². The summed E-state index contributed by atoms with van der Waals surface area (Å²) in [5.41, 5.74) is 6.92. The van der Waals surface area contributed by atoms with Gasteiger partial charge in [0.25, 0.3) is 5.91 Å². The van der Waals surface area contributed by atoms with Crippen molar-refractivity contribution in [2.45, 2.75) is 44.7 Å². The predicted octanol–water partition coefficient (Wildman–Crippen LogP) is 1.60. The Morgan fingerprint density at radius 2 is 2.29 bits per heavy atom. The van der Waals surface area contributed by atoms with Gasteiger partial charge in [0.1, 0.15) is 5.69 Å². The van der Waals surface area contributed by atoms with E-state index in [-0.39, 0.29) is 11.4 Å². The zero-order valence-electron chi connectivity index (χ0n) is 10.2. The van der Waals surface area contributed by atoms with Gasteiger partial charge in [-0.2, -0.15) is 0 Å². The van der Waals surface area contributed by atoms with E-state index in [4.69, 9.17) is 5.73 Å². The standard InChI is InChI=1S/C13H19N3O/c1-2-13(6-3-7-13)16-12(17)11-5-4-10(8-14)9-15-11/h4-5,9H,2-3,6-8,14H2,1H3,(H,16,17). The van der Waals surface area contributed by atoms with Gasteiger partial charge in [0.15, 0.2) is 0 Å². The molecular weight excluding hydrogens is 214 g/mol. The van der Waals surface area contributed by atoms with Gasteiger partial charge in [-0.25, -0.2) is 0 Å². The fourth-order valence-electron chi connectivity index (χ4n) is 2.15. The van der Waals surface area contributed by atoms with E-state index in [1.54, 1.807) is 12.3 Å². The first-order valence-corrected chi connectivity index (χ1v) is 6.16. The van der Waals surface area contributed by atoms with Crippen molar-refractivity contribution < 1.29 is 4.79 Å². The van der Waals surface area contributed by atoms with Gasteiger partial charge in [-0.1, -0.05) is 13.0 Å². The van der Waals surface area contributed by atoms with Crippen molar-refractivity contribution in [3.8, 4) is 0 Å². The van der Waals surface area contributed by atoms with Crippen LogP contribution in [0.3, 0.4) is 0 Å². The summed E-state index contributed by atoms with van der Waals surface area (Å²) in [6, 6.07) is 3.58. The first-order chi connectivity index (χ1) is 8.19. The van der Waals surface area contributed by atoms with Gasteiger partial charge in [-0.15, -0.1) is 0 Å². The number of carbonyl (C=O) groups is 1. The summed E-state index contributed by atoms with van der Waals surface area (Å²) in [5.74, 6) is -0.0740. The van der Waals surface area contributed by atoms with Crippen LogP contribution in [0.4, 0.5) is 0 Å². The second-order valence-corrected chi connectivity index (χ2v) is 4.70. The Morgan fingerprint density at radius 1 is 1.53 bits per heavy atom. The fraction of sp³-hybridized carbons (Fsp3) is 0.538. The molecule has 1 aliphatic carbocycles. The van der Waals surface area contributed by atoms with Gasteiger partial charge in [0.05, 0.1) is 0 Å². The minimum Gasteiger partial charge on any atom is -0.345 e. The van der Waals surface area contributed by atoms with Crippen molar-refractivity contribution in [1.29, 1.82) is 0 Å². The third-order valence-corrected chi connectivity index (χ3v) is 3.66. The molecule has 1 aromatic heterocycles. The number of rotatable bonds is 4. The van der Waals surface area contributed by atoms with Crippen LogP contribution in [0.2, 0.25) is 0 Å². The van der Waals surface area contributed by atoms with Crippen LogP contribution >= 0.6 is 0 Å². The summed E-state index contributed by atoms with van der Waals surface area (Å²) < 4.78 is 0. The molecule has 4 heteroatoms. The highest BCUT2D eigenvalue weighted by Crippen LogP contribution is 2.34. The van der Waals surface area contributed by atoms with Gasteiger partial charge in [0.2, 0.25) is 0 Å². The molecule has 0 bridgehead atoms. The summed E-state index contributed by atoms with van der Waals surface area (Å²) in [7, 11) is 0. The molecule has 3 N–H and O–H groups in total. The zero-order valence-corrected chi connectivity index (χ0v) is 10.2. The van der Waals surface area contributed by atoms with E-state index in [1.807, 2.05) is 6.07 Å². The third kappa shape index (κ3) is 2.47. The Kier molecular flexibility index (Phi) is 3.43. The molecule has 0 saturated heterocycles. The van der Waals surface area contributed by atoms with Crippen LogP contribution < -0.4 is 11.1 Å². The quantitative estimate of drug-likeness (QED) is 0.830. The first-order valence-electron chi connectivity index (χ1n) is 6.16. The maximum atomic E-state index is 12.0. The predicted molar refractivity (Wildman–Crippen MR) is 66.5 cm³/mol. The van der Waals surface area contributed by atoms with E-state index in [1.165, 1.54) is 6.42 Å². The lowest BCUT2D eigenvalue weighted by Crippen LogP contribution is -2.53. The van der Waals surface area contributed by atoms with Crippen molar-refractivity contribution in [2.75, 3.05) is 0 Å². The zero-order chi connectivity index (χ0) is 12.3. The van der Waals surface area contributed by atoms with Crippen LogP contribution in [0, 0.1) is 0 Å². The third-order valence-electron chi connectivity index (χ3n) is 3.66. The molecule has 1 fully saturated rings. The lowest BCUT2D eigenvalue weighted by Gasteiger charge is -2.41. The Morgan fingerprint density at radius 3 is 2.71 bits per heavy atom. The highest BCUT2D eigenvalue weighted by molar-refractivity contribution is 5.92. The summed E-state index contributed by atoms with van der Waals surface area (Å²) >= 11 is 0. The largest absolute Gasteiger partial charge is 0.345 e. The minimum absolute atomic E-state index is 0.0191. The average Bonchev–Trinajstić information content (AvgIpc) is 2.33. The number of hydrogen-bond acceptors (Lipinski definition) is 3. The second kappa shape index (κ2) is 4.84. The molecule has 1 saturated carbocycles. The Balaban J connectivity index is 2.03. The van der Waals surface area contributed by atoms with Crippen LogP contribution in [-0.4, -0.2) is 16.4 Å². The number of carbonyl (C=O) groups excluding carboxylic acids is 1. The summed E-state index contributed by atoms with van der Waals surface area (Å²) in [4.78, 5) is 16.1. The molecule has 92 valence electrons. The fourth-order valence-corrected chi connectivity index (χ4v) is 2.15. The topological polar surface area (TPSA) is 68.0 Å². The lowest BCUT2D eigenvalue weighted by atomic mass is 9.75. The van der Waals surface area contributed by atoms with Gasteiger partial charge < -0.3 is 11.1 Å². The molecule has 0 aromatic carbocycles. The molecule has 2 rings (SSSR count). The van der Waals surface area contributed by atoms with E-state index < -0.39 is 0 Å². The SMILES string of the molecule is CCC1(NC(=O)c2ccc(CN)cn2)CCC1. The molecule has 17 heavy (non-hydrogen) atoms. The highest BCUT2D eigenvalue weighted by Gasteiger charge is 2.36. The molecule has 0 radical (unpaired) electrons. The van der Waals surface area contributed by atoms with Crippen LogP contribution in [-0.2, 0) is 6.54 Å². The Labute approximate surface area is 102 Å². The van der Waals surface area contributed by atoms with Gasteiger partial charge >= 0.3 is 0 Å². The highest BCUT2D eigenvalue weighted by atomic mass is 16.2. The van der Waals surface area contributed by atoms with Crippen LogP contribution in [0.25, 0.3) is 0 Å². The van der Waals surface area contributed by atoms with E-state index in [0.717, 1.165) is 24.8 Å². The second-order valence-electron chi connectivity index (χ2n) is 4.70. The number of aromatic nitrogens is 1. The first kappa shape index (κ1) is 12.0. The Bertz CT molecular complexity index is 390. The van der Waals surface area contributed by atoms with Crippen LogP contribution in [0.15, 0.2) is 18.3 Å². The maximum absolute atomic E-state index is 12.0. The number of nitrogens with one attached hydrogen (secondary N) is 1. The van der Waals surface area contributed by atoms with Crippen LogP contribution in [0.1, 0.15) is 48.7 Å². The maximum Gasteiger partial charge on any atom is 0.270 e. The molecule has 0 atom stereocenters. The summed E-state index contributed by atoms with van der Waals surface area (Å²) in [5, 5.41) is 3.10. The van der Waals surface area contributed by atoms with E-state index in [0.29, 0.717) is 12.2 Å². The number of pyridine rings is 1. The monoisotopic (exact) mass is 233 g/mol. The average molecular weight is 233 g/mol. The van der Waals surface area contributed by atoms with Crippen LogP contribution in [0.5, 0.6) is 0 Å². The molecule has 1 heterocycles. The summed E-state index contributed by atoms with van der Waals surface area (Å²) in [6.45, 7) is 2.57. The van der Waals surface area contributed by atoms with Crippen molar-refractivity contribution >= 4 is 5.91 Å². The molecule has 0 aliphatic heterocycles. The van der Waals surface area contributed by atoms with Crippen molar-refractivity contribution in [1.82, 2.24) is 10.3 Å². The molecule has 1 aromatic rings. The molecule has 1 amide bonds. The molecule has 4 nitrogen and oxygen atoms in total. The van der Waals surface area contributed by atoms with Gasteiger partial charge in [-0.05, 0) is 37.3 Å². The normalized spacial score (nSPS) is 17.3. The molecule has 0 spiro atoms. The summed E-state index contributed by atoms with van der Waals surface area (Å²) in [6.07, 6.45) is 6.01. The van der Waals surface area contributed by atoms with Crippen molar-refractivity contribution in [3.05, 3.63) is 29.6 Å². The minimum atomic E-state index is -0.0740. The number of nitrogens with zero attached hydrogens (tertiary/aromatic N) is 1. The molecule has 0 unspecified atom stereocenters. The number of nitrogens with two attached hydrogens (primary N) is 1. The Hall–Kier alpha value is -1.42. The molecule has 1 aliphatic rings. The van der Waals surface area contributed by atoms with Crippen molar-refractivity contribution in [3.63, 3.8) is 0 Å². The van der Waals surface area contributed by atoms with E-state index in [9.17, 15) is 4.79 Å². The smallest absolute Gasteiger partial charge is 0.270 e. The van der Waals surface area contributed by atoms with Gasteiger partial charge in [-0.3, -0.25) is 9.78 Å².